The van der Waals surface area contributed by atoms with E-state index in [0.29, 0.717) is 24.5 Å². The largest absolute Gasteiger partial charge is 0.372 e. The first kappa shape index (κ1) is 13.6. The molecule has 21 heavy (non-hydrogen) atoms. The van der Waals surface area contributed by atoms with Gasteiger partial charge in [-0.25, -0.2) is 9.78 Å². The van der Waals surface area contributed by atoms with Crippen LogP contribution in [0.25, 0.3) is 0 Å². The molecule has 3 rings (SSSR count). The highest BCUT2D eigenvalue weighted by Gasteiger charge is 2.27. The van der Waals surface area contributed by atoms with Crippen molar-refractivity contribution >= 4 is 17.6 Å². The number of ether oxygens (including phenoxy) is 1. The van der Waals surface area contributed by atoms with Crippen molar-refractivity contribution in [3.63, 3.8) is 0 Å². The van der Waals surface area contributed by atoms with Crippen molar-refractivity contribution in [3.8, 4) is 0 Å². The second-order valence-corrected chi connectivity index (χ2v) is 4.98. The van der Waals surface area contributed by atoms with E-state index in [9.17, 15) is 9.59 Å². The molecule has 2 atom stereocenters. The van der Waals surface area contributed by atoms with Gasteiger partial charge in [-0.1, -0.05) is 6.08 Å². The van der Waals surface area contributed by atoms with E-state index in [0.717, 1.165) is 12.0 Å². The van der Waals surface area contributed by atoms with E-state index >= 15 is 0 Å². The minimum absolute atomic E-state index is 0.0758. The maximum Gasteiger partial charge on any atom is 0.319 e. The Morgan fingerprint density at radius 2 is 2.43 bits per heavy atom. The van der Waals surface area contributed by atoms with Gasteiger partial charge in [0.1, 0.15) is 5.69 Å². The van der Waals surface area contributed by atoms with Crippen molar-refractivity contribution in [2.24, 2.45) is 0 Å². The summed E-state index contributed by atoms with van der Waals surface area (Å²) in [5, 5.41) is 8.25. The first-order valence-corrected chi connectivity index (χ1v) is 6.76. The van der Waals surface area contributed by atoms with Gasteiger partial charge in [-0.15, -0.1) is 6.58 Å². The summed E-state index contributed by atoms with van der Waals surface area (Å²) in [5.74, 6) is -0.182. The molecule has 3 heterocycles. The summed E-state index contributed by atoms with van der Waals surface area (Å²) in [6.45, 7) is 4.73. The zero-order chi connectivity index (χ0) is 14.8. The van der Waals surface area contributed by atoms with E-state index in [1.807, 2.05) is 0 Å². The molecule has 1 fully saturated rings. The number of fused-ring (bicyclic) bond motifs is 1. The molecule has 1 saturated heterocycles. The summed E-state index contributed by atoms with van der Waals surface area (Å²) in [5.41, 5.74) is 1.75. The Morgan fingerprint density at radius 1 is 1.57 bits per heavy atom. The standard InChI is InChI=1S/C14H16N4O3/c1-2-11-10(3-4-21-11)18-14(20)17-9-5-8-6-16-13(19)12(8)15-7-9/h2,5,7,10-11H,1,3-4,6H2,(H,16,19)(H2,17,18,20)/t10-,11+/m1/s1. The van der Waals surface area contributed by atoms with Crippen LogP contribution in [0, 0.1) is 0 Å². The summed E-state index contributed by atoms with van der Waals surface area (Å²) in [7, 11) is 0. The van der Waals surface area contributed by atoms with Crippen LogP contribution in [0.5, 0.6) is 0 Å². The van der Waals surface area contributed by atoms with Gasteiger partial charge in [0.15, 0.2) is 0 Å². The molecule has 0 saturated carbocycles. The highest BCUT2D eigenvalue weighted by molar-refractivity contribution is 5.97. The summed E-state index contributed by atoms with van der Waals surface area (Å²) in [6.07, 6.45) is 3.76. The molecule has 0 unspecified atom stereocenters. The molecular weight excluding hydrogens is 272 g/mol. The number of aromatic nitrogens is 1. The molecule has 0 aromatic carbocycles. The molecule has 1 aromatic heterocycles. The Hall–Kier alpha value is -2.41. The van der Waals surface area contributed by atoms with E-state index < -0.39 is 0 Å². The van der Waals surface area contributed by atoms with Gasteiger partial charge in [0.25, 0.3) is 5.91 Å². The zero-order valence-corrected chi connectivity index (χ0v) is 11.4. The quantitative estimate of drug-likeness (QED) is 0.717. The average Bonchev–Trinajstić information content (AvgIpc) is 3.05. The molecule has 3 amide bonds. The van der Waals surface area contributed by atoms with Gasteiger partial charge in [-0.05, 0) is 12.5 Å². The first-order chi connectivity index (χ1) is 10.2. The number of pyridine rings is 1. The fraction of sp³-hybridized carbons (Fsp3) is 0.357. The van der Waals surface area contributed by atoms with Crippen LogP contribution in [0.4, 0.5) is 10.5 Å². The van der Waals surface area contributed by atoms with E-state index in [2.05, 4.69) is 27.5 Å². The lowest BCUT2D eigenvalue weighted by Gasteiger charge is -2.17. The third kappa shape index (κ3) is 2.73. The Balaban J connectivity index is 1.63. The summed E-state index contributed by atoms with van der Waals surface area (Å²) >= 11 is 0. The number of carbonyl (C=O) groups excluding carboxylic acids is 2. The van der Waals surface area contributed by atoms with Crippen molar-refractivity contribution in [2.45, 2.75) is 25.1 Å². The predicted octanol–water partition coefficient (Wildman–Crippen LogP) is 0.790. The van der Waals surface area contributed by atoms with Crippen LogP contribution in [0.3, 0.4) is 0 Å². The Kier molecular flexibility index (Phi) is 3.57. The number of anilines is 1. The average molecular weight is 288 g/mol. The number of urea groups is 1. The van der Waals surface area contributed by atoms with Crippen molar-refractivity contribution in [3.05, 3.63) is 36.2 Å². The topological polar surface area (TPSA) is 92.3 Å². The van der Waals surface area contributed by atoms with Crippen molar-refractivity contribution < 1.29 is 14.3 Å². The van der Waals surface area contributed by atoms with Crippen LogP contribution >= 0.6 is 0 Å². The van der Waals surface area contributed by atoms with E-state index in [4.69, 9.17) is 4.74 Å². The van der Waals surface area contributed by atoms with Crippen LogP contribution in [0.2, 0.25) is 0 Å². The fourth-order valence-corrected chi connectivity index (χ4v) is 2.51. The second-order valence-electron chi connectivity index (χ2n) is 4.98. The number of hydrogen-bond donors (Lipinski definition) is 3. The van der Waals surface area contributed by atoms with Crippen LogP contribution in [-0.2, 0) is 11.3 Å². The van der Waals surface area contributed by atoms with Crippen LogP contribution in [-0.4, -0.2) is 35.7 Å². The number of amides is 3. The smallest absolute Gasteiger partial charge is 0.319 e. The maximum atomic E-state index is 12.0. The molecule has 0 spiro atoms. The van der Waals surface area contributed by atoms with E-state index in [1.54, 1.807) is 12.1 Å². The molecule has 0 aliphatic carbocycles. The Labute approximate surface area is 121 Å². The van der Waals surface area contributed by atoms with Gasteiger partial charge in [0.05, 0.1) is 24.0 Å². The van der Waals surface area contributed by atoms with Gasteiger partial charge in [0, 0.05) is 18.7 Å². The van der Waals surface area contributed by atoms with Gasteiger partial charge in [0.2, 0.25) is 0 Å². The predicted molar refractivity (Wildman–Crippen MR) is 75.9 cm³/mol. The molecule has 7 nitrogen and oxygen atoms in total. The summed E-state index contributed by atoms with van der Waals surface area (Å²) < 4.78 is 5.42. The van der Waals surface area contributed by atoms with E-state index in [-0.39, 0.29) is 24.1 Å². The Bertz CT molecular complexity index is 602. The number of carbonyl (C=O) groups is 2. The molecule has 110 valence electrons. The van der Waals surface area contributed by atoms with Crippen LogP contribution < -0.4 is 16.0 Å². The lowest BCUT2D eigenvalue weighted by atomic mass is 10.1. The minimum Gasteiger partial charge on any atom is -0.372 e. The molecule has 2 aliphatic rings. The van der Waals surface area contributed by atoms with Crippen molar-refractivity contribution in [1.82, 2.24) is 15.6 Å². The number of nitrogens with zero attached hydrogens (tertiary/aromatic N) is 1. The van der Waals surface area contributed by atoms with Gasteiger partial charge >= 0.3 is 6.03 Å². The SMILES string of the molecule is C=C[C@@H]1OCC[C@H]1NC(=O)Nc1cnc2c(c1)CNC2=O. The van der Waals surface area contributed by atoms with Crippen LogP contribution in [0.1, 0.15) is 22.5 Å². The summed E-state index contributed by atoms with van der Waals surface area (Å²) in [4.78, 5) is 27.4. The molecule has 2 aliphatic heterocycles. The number of hydrogen-bond acceptors (Lipinski definition) is 4. The third-order valence-electron chi connectivity index (χ3n) is 3.56. The number of nitrogens with one attached hydrogen (secondary N) is 3. The lowest BCUT2D eigenvalue weighted by molar-refractivity contribution is 0.0961. The highest BCUT2D eigenvalue weighted by atomic mass is 16.5. The Morgan fingerprint density at radius 3 is 3.24 bits per heavy atom. The third-order valence-corrected chi connectivity index (χ3v) is 3.56. The highest BCUT2D eigenvalue weighted by Crippen LogP contribution is 2.18. The monoisotopic (exact) mass is 288 g/mol. The van der Waals surface area contributed by atoms with Gasteiger partial charge in [-0.3, -0.25) is 4.79 Å². The number of rotatable bonds is 3. The van der Waals surface area contributed by atoms with Crippen molar-refractivity contribution in [1.29, 1.82) is 0 Å². The molecule has 3 N–H and O–H groups in total. The molecule has 7 heteroatoms. The zero-order valence-electron chi connectivity index (χ0n) is 11.4. The maximum absolute atomic E-state index is 12.0. The molecule has 0 radical (unpaired) electrons. The molecular formula is C14H16N4O3. The lowest BCUT2D eigenvalue weighted by Crippen LogP contribution is -2.42. The van der Waals surface area contributed by atoms with E-state index in [1.165, 1.54) is 6.20 Å². The fourth-order valence-electron chi connectivity index (χ4n) is 2.51. The van der Waals surface area contributed by atoms with Crippen LogP contribution in [0.15, 0.2) is 24.9 Å². The van der Waals surface area contributed by atoms with Crippen molar-refractivity contribution in [2.75, 3.05) is 11.9 Å². The molecule has 0 bridgehead atoms. The molecule has 1 aromatic rings. The summed E-state index contributed by atoms with van der Waals surface area (Å²) in [6, 6.07) is 1.35. The van der Waals surface area contributed by atoms with Gasteiger partial charge in [-0.2, -0.15) is 0 Å². The van der Waals surface area contributed by atoms with Gasteiger partial charge < -0.3 is 20.7 Å². The first-order valence-electron chi connectivity index (χ1n) is 6.76. The normalized spacial score (nSPS) is 23.3. The minimum atomic E-state index is -0.323. The second kappa shape index (κ2) is 5.53.